The molecule has 1 aliphatic carbocycles. The monoisotopic (exact) mass is 140 g/mol. The van der Waals surface area contributed by atoms with Crippen LogP contribution in [-0.2, 0) is 0 Å². The Hall–Kier alpha value is -0.300. The molecular weight excluding hydrogens is 124 g/mol. The van der Waals surface area contributed by atoms with Crippen LogP contribution in [0.3, 0.4) is 0 Å². The lowest BCUT2D eigenvalue weighted by Crippen LogP contribution is -2.03. The Bertz CT molecular complexity index is 127. The van der Waals surface area contributed by atoms with Gasteiger partial charge in [0.25, 0.3) is 0 Å². The summed E-state index contributed by atoms with van der Waals surface area (Å²) in [6.07, 6.45) is 7.52. The zero-order valence-corrected chi connectivity index (χ0v) is 6.64. The van der Waals surface area contributed by atoms with E-state index < -0.39 is 0 Å². The number of hydrogen-bond acceptors (Lipinski definition) is 1. The first kappa shape index (κ1) is 7.80. The van der Waals surface area contributed by atoms with E-state index in [2.05, 4.69) is 13.0 Å². The van der Waals surface area contributed by atoms with Gasteiger partial charge in [-0.1, -0.05) is 18.6 Å². The maximum atomic E-state index is 9.27. The van der Waals surface area contributed by atoms with Crippen LogP contribution in [0.5, 0.6) is 0 Å². The molecule has 0 radical (unpaired) electrons. The van der Waals surface area contributed by atoms with Crippen molar-refractivity contribution >= 4 is 0 Å². The van der Waals surface area contributed by atoms with Crippen LogP contribution < -0.4 is 0 Å². The number of aliphatic hydroxyl groups is 1. The quantitative estimate of drug-likeness (QED) is 0.554. The van der Waals surface area contributed by atoms with Crippen LogP contribution in [0, 0.1) is 0 Å². The standard InChI is InChI=1S/C9H16O/c1-2-8-4-3-5-9(10)7-6-8/h4,9-10H,2-3,5-7H2,1H3. The molecule has 1 atom stereocenters. The lowest BCUT2D eigenvalue weighted by Gasteiger charge is -2.04. The molecule has 0 aromatic heterocycles. The van der Waals surface area contributed by atoms with E-state index in [-0.39, 0.29) is 6.10 Å². The molecule has 0 heterocycles. The molecule has 58 valence electrons. The summed E-state index contributed by atoms with van der Waals surface area (Å²) in [5.74, 6) is 0. The number of aliphatic hydroxyl groups excluding tert-OH is 1. The fourth-order valence-corrected chi connectivity index (χ4v) is 1.40. The summed E-state index contributed by atoms with van der Waals surface area (Å²) in [5.41, 5.74) is 1.52. The van der Waals surface area contributed by atoms with Crippen molar-refractivity contribution in [3.63, 3.8) is 0 Å². The van der Waals surface area contributed by atoms with Gasteiger partial charge in [0.15, 0.2) is 0 Å². The van der Waals surface area contributed by atoms with E-state index in [1.807, 2.05) is 0 Å². The number of rotatable bonds is 1. The van der Waals surface area contributed by atoms with Crippen molar-refractivity contribution in [3.8, 4) is 0 Å². The Morgan fingerprint density at radius 2 is 2.40 bits per heavy atom. The normalized spacial score (nSPS) is 27.4. The summed E-state index contributed by atoms with van der Waals surface area (Å²) < 4.78 is 0. The van der Waals surface area contributed by atoms with Crippen LogP contribution in [0.2, 0.25) is 0 Å². The van der Waals surface area contributed by atoms with Crippen LogP contribution in [0.1, 0.15) is 39.0 Å². The zero-order chi connectivity index (χ0) is 7.40. The third-order valence-corrected chi connectivity index (χ3v) is 2.19. The highest BCUT2D eigenvalue weighted by Gasteiger charge is 2.07. The van der Waals surface area contributed by atoms with Gasteiger partial charge >= 0.3 is 0 Å². The Balaban J connectivity index is 2.40. The van der Waals surface area contributed by atoms with Gasteiger partial charge in [0, 0.05) is 0 Å². The molecule has 1 nitrogen and oxygen atoms in total. The molecule has 0 saturated heterocycles. The van der Waals surface area contributed by atoms with Crippen LogP contribution in [0.15, 0.2) is 11.6 Å². The SMILES string of the molecule is CCC1=CCCC(O)CC1. The van der Waals surface area contributed by atoms with Crippen molar-refractivity contribution in [2.75, 3.05) is 0 Å². The molecule has 1 unspecified atom stereocenters. The molecule has 0 aromatic rings. The van der Waals surface area contributed by atoms with Gasteiger partial charge in [0.2, 0.25) is 0 Å². The van der Waals surface area contributed by atoms with Crippen molar-refractivity contribution in [2.24, 2.45) is 0 Å². The molecule has 0 saturated carbocycles. The summed E-state index contributed by atoms with van der Waals surface area (Å²) in [6.45, 7) is 2.18. The molecule has 0 aromatic carbocycles. The first-order valence-corrected chi connectivity index (χ1v) is 4.19. The minimum Gasteiger partial charge on any atom is -0.393 e. The molecule has 0 aliphatic heterocycles. The Labute approximate surface area is 62.8 Å². The van der Waals surface area contributed by atoms with Gasteiger partial charge in [-0.25, -0.2) is 0 Å². The minimum absolute atomic E-state index is 0.0414. The maximum absolute atomic E-state index is 9.27. The summed E-state index contributed by atoms with van der Waals surface area (Å²) in [5, 5.41) is 9.27. The van der Waals surface area contributed by atoms with Crippen molar-refractivity contribution in [1.29, 1.82) is 0 Å². The highest BCUT2D eigenvalue weighted by molar-refractivity contribution is 5.03. The predicted molar refractivity (Wildman–Crippen MR) is 42.8 cm³/mol. The molecule has 0 spiro atoms. The lowest BCUT2D eigenvalue weighted by atomic mass is 10.1. The first-order valence-electron chi connectivity index (χ1n) is 4.19. The minimum atomic E-state index is -0.0414. The second-order valence-electron chi connectivity index (χ2n) is 2.99. The highest BCUT2D eigenvalue weighted by atomic mass is 16.3. The van der Waals surface area contributed by atoms with Crippen molar-refractivity contribution < 1.29 is 5.11 Å². The van der Waals surface area contributed by atoms with Crippen molar-refractivity contribution in [3.05, 3.63) is 11.6 Å². The van der Waals surface area contributed by atoms with Gasteiger partial charge < -0.3 is 5.11 Å². The fraction of sp³-hybridized carbons (Fsp3) is 0.778. The molecular formula is C9H16O. The fourth-order valence-electron chi connectivity index (χ4n) is 1.40. The molecule has 1 heteroatoms. The molecule has 1 N–H and O–H groups in total. The van der Waals surface area contributed by atoms with Gasteiger partial charge in [0.1, 0.15) is 0 Å². The van der Waals surface area contributed by atoms with Gasteiger partial charge in [-0.15, -0.1) is 0 Å². The smallest absolute Gasteiger partial charge is 0.0546 e. The van der Waals surface area contributed by atoms with Gasteiger partial charge in [-0.2, -0.15) is 0 Å². The van der Waals surface area contributed by atoms with E-state index in [4.69, 9.17) is 0 Å². The van der Waals surface area contributed by atoms with Crippen LogP contribution in [0.4, 0.5) is 0 Å². The summed E-state index contributed by atoms with van der Waals surface area (Å²) in [4.78, 5) is 0. The van der Waals surface area contributed by atoms with Crippen LogP contribution >= 0.6 is 0 Å². The average molecular weight is 140 g/mol. The predicted octanol–water partition coefficient (Wildman–Crippen LogP) is 2.26. The third kappa shape index (κ3) is 2.14. The van der Waals surface area contributed by atoms with Gasteiger partial charge in [-0.3, -0.25) is 0 Å². The van der Waals surface area contributed by atoms with Crippen LogP contribution in [-0.4, -0.2) is 11.2 Å². The molecule has 1 rings (SSSR count). The zero-order valence-electron chi connectivity index (χ0n) is 6.64. The topological polar surface area (TPSA) is 20.2 Å². The second kappa shape index (κ2) is 3.77. The van der Waals surface area contributed by atoms with Crippen LogP contribution in [0.25, 0.3) is 0 Å². The molecule has 0 bridgehead atoms. The summed E-state index contributed by atoms with van der Waals surface area (Å²) in [6, 6.07) is 0. The van der Waals surface area contributed by atoms with E-state index in [1.165, 1.54) is 5.57 Å². The number of allylic oxidation sites excluding steroid dienone is 2. The van der Waals surface area contributed by atoms with Crippen molar-refractivity contribution in [2.45, 2.75) is 45.1 Å². The van der Waals surface area contributed by atoms with Gasteiger partial charge in [-0.05, 0) is 32.1 Å². The average Bonchev–Trinajstić information content (AvgIpc) is 2.14. The lowest BCUT2D eigenvalue weighted by molar-refractivity contribution is 0.158. The molecule has 0 fully saturated rings. The number of hydrogen-bond donors (Lipinski definition) is 1. The second-order valence-corrected chi connectivity index (χ2v) is 2.99. The van der Waals surface area contributed by atoms with E-state index in [0.29, 0.717) is 0 Å². The Morgan fingerprint density at radius 3 is 3.10 bits per heavy atom. The first-order chi connectivity index (χ1) is 4.83. The van der Waals surface area contributed by atoms with E-state index in [0.717, 1.165) is 32.1 Å². The largest absolute Gasteiger partial charge is 0.393 e. The molecule has 0 amide bonds. The maximum Gasteiger partial charge on any atom is 0.0546 e. The Morgan fingerprint density at radius 1 is 1.60 bits per heavy atom. The van der Waals surface area contributed by atoms with Gasteiger partial charge in [0.05, 0.1) is 6.10 Å². The Kier molecular flexibility index (Phi) is 2.94. The van der Waals surface area contributed by atoms with E-state index in [9.17, 15) is 5.11 Å². The molecule has 10 heavy (non-hydrogen) atoms. The van der Waals surface area contributed by atoms with E-state index in [1.54, 1.807) is 0 Å². The van der Waals surface area contributed by atoms with E-state index >= 15 is 0 Å². The third-order valence-electron chi connectivity index (χ3n) is 2.19. The highest BCUT2D eigenvalue weighted by Crippen LogP contribution is 2.19. The summed E-state index contributed by atoms with van der Waals surface area (Å²) >= 11 is 0. The molecule has 1 aliphatic rings. The summed E-state index contributed by atoms with van der Waals surface area (Å²) in [7, 11) is 0. The van der Waals surface area contributed by atoms with Crippen molar-refractivity contribution in [1.82, 2.24) is 0 Å².